The third kappa shape index (κ3) is 2.64. The van der Waals surface area contributed by atoms with Crippen LogP contribution in [0.15, 0.2) is 5.38 Å². The standard InChI is InChI=1S/C13H22N2S/c1-5-14-7-9-6-10(9)11-8-16-12(15-11)13(2,3)4/h8-10,14H,5-7H2,1-4H3. The lowest BCUT2D eigenvalue weighted by atomic mass is 9.98. The van der Waals surface area contributed by atoms with E-state index in [1.807, 2.05) is 11.3 Å². The fourth-order valence-corrected chi connectivity index (χ4v) is 2.94. The van der Waals surface area contributed by atoms with Gasteiger partial charge in [-0.2, -0.15) is 0 Å². The maximum atomic E-state index is 4.79. The van der Waals surface area contributed by atoms with Crippen LogP contribution in [0.2, 0.25) is 0 Å². The van der Waals surface area contributed by atoms with Crippen LogP contribution in [0.25, 0.3) is 0 Å². The van der Waals surface area contributed by atoms with Crippen LogP contribution in [-0.2, 0) is 5.41 Å². The molecule has 90 valence electrons. The van der Waals surface area contributed by atoms with E-state index < -0.39 is 0 Å². The molecule has 1 saturated carbocycles. The highest BCUT2D eigenvalue weighted by Gasteiger charge is 2.39. The van der Waals surface area contributed by atoms with E-state index in [0.717, 1.165) is 24.9 Å². The minimum atomic E-state index is 0.203. The number of hydrogen-bond donors (Lipinski definition) is 1. The number of nitrogens with one attached hydrogen (secondary N) is 1. The molecule has 0 aliphatic heterocycles. The molecular formula is C13H22N2S. The van der Waals surface area contributed by atoms with Crippen molar-refractivity contribution in [3.63, 3.8) is 0 Å². The molecule has 0 bridgehead atoms. The van der Waals surface area contributed by atoms with Crippen molar-refractivity contribution in [2.24, 2.45) is 5.92 Å². The Balaban J connectivity index is 1.95. The molecule has 1 fully saturated rings. The largest absolute Gasteiger partial charge is 0.317 e. The predicted octanol–water partition coefficient (Wildman–Crippen LogP) is 3.15. The number of thiazole rings is 1. The molecule has 2 atom stereocenters. The second-order valence-electron chi connectivity index (χ2n) is 5.74. The van der Waals surface area contributed by atoms with Crippen LogP contribution in [0.1, 0.15) is 50.7 Å². The maximum absolute atomic E-state index is 4.79. The summed E-state index contributed by atoms with van der Waals surface area (Å²) in [5.41, 5.74) is 1.53. The van der Waals surface area contributed by atoms with Crippen molar-refractivity contribution in [1.29, 1.82) is 0 Å². The average molecular weight is 238 g/mol. The van der Waals surface area contributed by atoms with Gasteiger partial charge in [0.2, 0.25) is 0 Å². The molecule has 1 N–H and O–H groups in total. The van der Waals surface area contributed by atoms with Crippen molar-refractivity contribution in [3.05, 3.63) is 16.1 Å². The first kappa shape index (κ1) is 12.1. The van der Waals surface area contributed by atoms with Crippen molar-refractivity contribution < 1.29 is 0 Å². The molecule has 1 aliphatic rings. The van der Waals surface area contributed by atoms with E-state index in [9.17, 15) is 0 Å². The van der Waals surface area contributed by atoms with Gasteiger partial charge in [-0.1, -0.05) is 27.7 Å². The number of hydrogen-bond acceptors (Lipinski definition) is 3. The van der Waals surface area contributed by atoms with E-state index in [0.29, 0.717) is 0 Å². The maximum Gasteiger partial charge on any atom is 0.0981 e. The monoisotopic (exact) mass is 238 g/mol. The Labute approximate surface area is 102 Å². The van der Waals surface area contributed by atoms with Crippen molar-refractivity contribution in [3.8, 4) is 0 Å². The van der Waals surface area contributed by atoms with E-state index >= 15 is 0 Å². The molecule has 3 heteroatoms. The summed E-state index contributed by atoms with van der Waals surface area (Å²) in [7, 11) is 0. The lowest BCUT2D eigenvalue weighted by Gasteiger charge is -2.13. The van der Waals surface area contributed by atoms with Gasteiger partial charge in [0, 0.05) is 16.7 Å². The molecular weight excluding hydrogens is 216 g/mol. The number of nitrogens with zero attached hydrogens (tertiary/aromatic N) is 1. The van der Waals surface area contributed by atoms with Gasteiger partial charge >= 0.3 is 0 Å². The smallest absolute Gasteiger partial charge is 0.0981 e. The fraction of sp³-hybridized carbons (Fsp3) is 0.769. The van der Waals surface area contributed by atoms with Crippen molar-refractivity contribution in [2.45, 2.75) is 45.4 Å². The highest BCUT2D eigenvalue weighted by molar-refractivity contribution is 7.09. The first-order chi connectivity index (χ1) is 7.52. The minimum Gasteiger partial charge on any atom is -0.317 e. The average Bonchev–Trinajstić information content (AvgIpc) is 2.78. The molecule has 2 nitrogen and oxygen atoms in total. The van der Waals surface area contributed by atoms with Crippen LogP contribution in [0.4, 0.5) is 0 Å². The molecule has 2 unspecified atom stereocenters. The number of rotatable bonds is 4. The molecule has 0 saturated heterocycles. The molecule has 1 heterocycles. The Kier molecular flexibility index (Phi) is 3.36. The molecule has 0 spiro atoms. The van der Waals surface area contributed by atoms with E-state index in [-0.39, 0.29) is 5.41 Å². The van der Waals surface area contributed by atoms with E-state index in [1.165, 1.54) is 17.1 Å². The van der Waals surface area contributed by atoms with Gasteiger partial charge < -0.3 is 5.32 Å². The second-order valence-corrected chi connectivity index (χ2v) is 6.60. The van der Waals surface area contributed by atoms with Crippen molar-refractivity contribution >= 4 is 11.3 Å². The first-order valence-electron chi connectivity index (χ1n) is 6.19. The summed E-state index contributed by atoms with van der Waals surface area (Å²) in [5.74, 6) is 1.56. The topological polar surface area (TPSA) is 24.9 Å². The van der Waals surface area contributed by atoms with Crippen LogP contribution in [0.3, 0.4) is 0 Å². The molecule has 0 radical (unpaired) electrons. The summed E-state index contributed by atoms with van der Waals surface area (Å²) in [6.45, 7) is 11.1. The zero-order chi connectivity index (χ0) is 11.8. The molecule has 1 aromatic rings. The molecule has 0 amide bonds. The van der Waals surface area contributed by atoms with E-state index in [2.05, 4.69) is 38.4 Å². The molecule has 1 aliphatic carbocycles. The van der Waals surface area contributed by atoms with Crippen molar-refractivity contribution in [2.75, 3.05) is 13.1 Å². The highest BCUT2D eigenvalue weighted by Crippen LogP contribution is 2.47. The summed E-state index contributed by atoms with van der Waals surface area (Å²) in [4.78, 5) is 4.79. The Morgan fingerprint density at radius 1 is 1.50 bits per heavy atom. The molecule has 2 rings (SSSR count). The Bertz CT molecular complexity index is 351. The van der Waals surface area contributed by atoms with Gasteiger partial charge in [-0.15, -0.1) is 11.3 Å². The Morgan fingerprint density at radius 3 is 2.81 bits per heavy atom. The molecule has 0 aromatic carbocycles. The van der Waals surface area contributed by atoms with Gasteiger partial charge in [0.05, 0.1) is 10.7 Å². The van der Waals surface area contributed by atoms with Gasteiger partial charge in [0.1, 0.15) is 0 Å². The molecule has 1 aromatic heterocycles. The van der Waals surface area contributed by atoms with Gasteiger partial charge in [-0.25, -0.2) is 4.98 Å². The fourth-order valence-electron chi connectivity index (χ4n) is 1.97. The predicted molar refractivity (Wildman–Crippen MR) is 70.2 cm³/mol. The van der Waals surface area contributed by atoms with Gasteiger partial charge in [-0.05, 0) is 25.4 Å². The summed E-state index contributed by atoms with van der Waals surface area (Å²) in [6.07, 6.45) is 1.32. The summed E-state index contributed by atoms with van der Waals surface area (Å²) < 4.78 is 0. The van der Waals surface area contributed by atoms with Gasteiger partial charge in [0.25, 0.3) is 0 Å². The minimum absolute atomic E-state index is 0.203. The lowest BCUT2D eigenvalue weighted by Crippen LogP contribution is -2.16. The third-order valence-corrected chi connectivity index (χ3v) is 4.41. The first-order valence-corrected chi connectivity index (χ1v) is 7.07. The summed E-state index contributed by atoms with van der Waals surface area (Å²) in [5, 5.41) is 6.96. The van der Waals surface area contributed by atoms with Crippen molar-refractivity contribution in [1.82, 2.24) is 10.3 Å². The summed E-state index contributed by atoms with van der Waals surface area (Å²) >= 11 is 1.82. The van der Waals surface area contributed by atoms with Gasteiger partial charge in [0.15, 0.2) is 0 Å². The van der Waals surface area contributed by atoms with E-state index in [1.54, 1.807) is 0 Å². The number of aromatic nitrogens is 1. The zero-order valence-corrected chi connectivity index (χ0v) is 11.5. The zero-order valence-electron chi connectivity index (χ0n) is 10.7. The van der Waals surface area contributed by atoms with Crippen LogP contribution < -0.4 is 5.32 Å². The van der Waals surface area contributed by atoms with Crippen LogP contribution in [0.5, 0.6) is 0 Å². The molecule has 16 heavy (non-hydrogen) atoms. The normalized spacial score (nSPS) is 24.8. The van der Waals surface area contributed by atoms with Gasteiger partial charge in [-0.3, -0.25) is 0 Å². The quantitative estimate of drug-likeness (QED) is 0.871. The van der Waals surface area contributed by atoms with E-state index in [4.69, 9.17) is 4.98 Å². The Morgan fingerprint density at radius 2 is 2.25 bits per heavy atom. The van der Waals surface area contributed by atoms with Crippen LogP contribution in [0, 0.1) is 5.92 Å². The third-order valence-electron chi connectivity index (χ3n) is 3.12. The second kappa shape index (κ2) is 4.46. The summed E-state index contributed by atoms with van der Waals surface area (Å²) in [6, 6.07) is 0. The Hall–Kier alpha value is -0.410. The van der Waals surface area contributed by atoms with Crippen LogP contribution in [-0.4, -0.2) is 18.1 Å². The highest BCUT2D eigenvalue weighted by atomic mass is 32.1. The van der Waals surface area contributed by atoms with Crippen LogP contribution >= 0.6 is 11.3 Å². The lowest BCUT2D eigenvalue weighted by molar-refractivity contribution is 0.581. The SMILES string of the molecule is CCNCC1CC1c1csc(C(C)(C)C)n1.